The maximum atomic E-state index is 12.6. The largest absolute Gasteiger partial charge is 0.326 e. The molecular formula is C23H28N2OS. The van der Waals surface area contributed by atoms with Crippen LogP contribution >= 0.6 is 11.8 Å². The smallest absolute Gasteiger partial charge is 0.306 e. The molecule has 0 aliphatic carbocycles. The Morgan fingerprint density at radius 2 is 1.96 bits per heavy atom. The summed E-state index contributed by atoms with van der Waals surface area (Å²) in [5.74, 6) is 1.89. The first kappa shape index (κ1) is 18.4. The number of H-pyrrole nitrogens is 1. The van der Waals surface area contributed by atoms with E-state index in [4.69, 9.17) is 0 Å². The van der Waals surface area contributed by atoms with Crippen molar-refractivity contribution in [1.29, 1.82) is 0 Å². The van der Waals surface area contributed by atoms with E-state index in [1.165, 1.54) is 35.5 Å². The van der Waals surface area contributed by atoms with Gasteiger partial charge in [0.1, 0.15) is 0 Å². The Bertz CT molecular complexity index is 958. The monoisotopic (exact) mass is 380 g/mol. The lowest BCUT2D eigenvalue weighted by Crippen LogP contribution is -2.22. The summed E-state index contributed by atoms with van der Waals surface area (Å²) in [5, 5.41) is 0. The van der Waals surface area contributed by atoms with Gasteiger partial charge in [0.15, 0.2) is 0 Å². The van der Waals surface area contributed by atoms with Gasteiger partial charge in [-0.2, -0.15) is 0 Å². The fourth-order valence-corrected chi connectivity index (χ4v) is 5.69. The van der Waals surface area contributed by atoms with Crippen molar-refractivity contribution in [1.82, 2.24) is 9.55 Å². The van der Waals surface area contributed by atoms with Crippen molar-refractivity contribution in [3.8, 4) is 0 Å². The molecule has 2 aromatic carbocycles. The first-order valence-electron chi connectivity index (χ1n) is 10.2. The van der Waals surface area contributed by atoms with Gasteiger partial charge in [-0.1, -0.05) is 50.1 Å². The second-order valence-corrected chi connectivity index (χ2v) is 8.70. The Labute approximate surface area is 165 Å². The van der Waals surface area contributed by atoms with Crippen molar-refractivity contribution < 1.29 is 0 Å². The van der Waals surface area contributed by atoms with Gasteiger partial charge in [-0.15, -0.1) is 11.8 Å². The number of hydrogen-bond donors (Lipinski definition) is 1. The zero-order valence-corrected chi connectivity index (χ0v) is 16.8. The van der Waals surface area contributed by atoms with Gasteiger partial charge < -0.3 is 4.98 Å². The Hall–Kier alpha value is -1.94. The number of thioether (sulfide) groups is 1. The molecule has 4 heteroatoms. The second-order valence-electron chi connectivity index (χ2n) is 7.56. The van der Waals surface area contributed by atoms with Gasteiger partial charge in [0.25, 0.3) is 0 Å². The van der Waals surface area contributed by atoms with E-state index in [0.717, 1.165) is 30.3 Å². The Balaban J connectivity index is 1.49. The van der Waals surface area contributed by atoms with E-state index in [1.54, 1.807) is 0 Å². The van der Waals surface area contributed by atoms with E-state index in [0.29, 0.717) is 5.92 Å². The van der Waals surface area contributed by atoms with Crippen LogP contribution in [0.4, 0.5) is 0 Å². The third kappa shape index (κ3) is 3.86. The standard InChI is InChI=1S/C23H28N2OS/c1-2-8-18(25-21-13-5-4-12-20(21)24-23(25)26)10-7-9-17-15-16-27-22-14-6-3-11-19(17)22/h3-6,11-14,17-18H,2,7-10,15-16H2,1H3,(H,24,26). The normalized spacial score (nSPS) is 17.7. The number of imidazole rings is 1. The van der Waals surface area contributed by atoms with Crippen LogP contribution < -0.4 is 5.69 Å². The SMILES string of the molecule is CCCC(CCCC1CCSc2ccccc21)n1c(=O)[nH]c2ccccc21. The molecule has 1 N–H and O–H groups in total. The molecule has 4 rings (SSSR count). The number of nitrogens with one attached hydrogen (secondary N) is 1. The van der Waals surface area contributed by atoms with Gasteiger partial charge in [-0.3, -0.25) is 4.57 Å². The molecule has 1 aromatic heterocycles. The second kappa shape index (κ2) is 8.39. The Kier molecular flexibility index (Phi) is 5.72. The van der Waals surface area contributed by atoms with E-state index < -0.39 is 0 Å². The number of fused-ring (bicyclic) bond motifs is 2. The number of para-hydroxylation sites is 2. The molecule has 0 bridgehead atoms. The summed E-state index contributed by atoms with van der Waals surface area (Å²) in [6.07, 6.45) is 6.88. The Morgan fingerprint density at radius 3 is 2.85 bits per heavy atom. The van der Waals surface area contributed by atoms with Crippen molar-refractivity contribution >= 4 is 22.8 Å². The minimum Gasteiger partial charge on any atom is -0.306 e. The van der Waals surface area contributed by atoms with Crippen molar-refractivity contribution in [2.24, 2.45) is 0 Å². The average molecular weight is 381 g/mol. The van der Waals surface area contributed by atoms with Crippen molar-refractivity contribution in [3.63, 3.8) is 0 Å². The molecule has 0 spiro atoms. The van der Waals surface area contributed by atoms with Crippen LogP contribution in [0, 0.1) is 0 Å². The van der Waals surface area contributed by atoms with Gasteiger partial charge in [0, 0.05) is 10.9 Å². The third-order valence-electron chi connectivity index (χ3n) is 5.78. The number of rotatable bonds is 7. The van der Waals surface area contributed by atoms with Crippen LogP contribution in [0.1, 0.15) is 63.0 Å². The summed E-state index contributed by atoms with van der Waals surface area (Å²) in [5.41, 5.74) is 3.56. The molecule has 142 valence electrons. The maximum Gasteiger partial charge on any atom is 0.326 e. The highest BCUT2D eigenvalue weighted by molar-refractivity contribution is 7.99. The molecule has 3 nitrogen and oxygen atoms in total. The third-order valence-corrected chi connectivity index (χ3v) is 6.91. The lowest BCUT2D eigenvalue weighted by Gasteiger charge is -2.26. The summed E-state index contributed by atoms with van der Waals surface area (Å²) in [6.45, 7) is 2.21. The van der Waals surface area contributed by atoms with Gasteiger partial charge in [-0.05, 0) is 61.1 Å². The number of aromatic amines is 1. The lowest BCUT2D eigenvalue weighted by molar-refractivity contribution is 0.401. The van der Waals surface area contributed by atoms with Crippen molar-refractivity contribution in [3.05, 3.63) is 64.6 Å². The molecule has 0 radical (unpaired) electrons. The van der Waals surface area contributed by atoms with Crippen LogP contribution in [0.2, 0.25) is 0 Å². The van der Waals surface area contributed by atoms with Gasteiger partial charge in [0.2, 0.25) is 0 Å². The van der Waals surface area contributed by atoms with E-state index in [9.17, 15) is 4.79 Å². The molecule has 2 unspecified atom stereocenters. The topological polar surface area (TPSA) is 37.8 Å². The first-order chi connectivity index (χ1) is 13.3. The zero-order chi connectivity index (χ0) is 18.6. The van der Waals surface area contributed by atoms with E-state index in [1.807, 2.05) is 34.5 Å². The molecule has 2 heterocycles. The summed E-state index contributed by atoms with van der Waals surface area (Å²) in [6, 6.07) is 17.2. The van der Waals surface area contributed by atoms with E-state index >= 15 is 0 Å². The van der Waals surface area contributed by atoms with Crippen LogP contribution in [0.3, 0.4) is 0 Å². The lowest BCUT2D eigenvalue weighted by atomic mass is 9.89. The Morgan fingerprint density at radius 1 is 1.15 bits per heavy atom. The molecule has 0 fully saturated rings. The summed E-state index contributed by atoms with van der Waals surface area (Å²) in [4.78, 5) is 17.1. The molecule has 0 saturated carbocycles. The van der Waals surface area contributed by atoms with Crippen LogP contribution in [-0.2, 0) is 0 Å². The molecule has 27 heavy (non-hydrogen) atoms. The highest BCUT2D eigenvalue weighted by Gasteiger charge is 2.21. The predicted molar refractivity (Wildman–Crippen MR) is 115 cm³/mol. The van der Waals surface area contributed by atoms with Gasteiger partial charge >= 0.3 is 5.69 Å². The minimum absolute atomic E-state index is 0.0362. The number of benzene rings is 2. The minimum atomic E-state index is 0.0362. The predicted octanol–water partition coefficient (Wildman–Crippen LogP) is 6.12. The fraction of sp³-hybridized carbons (Fsp3) is 0.435. The fourth-order valence-electron chi connectivity index (χ4n) is 4.49. The quantitative estimate of drug-likeness (QED) is 0.536. The molecular weight excluding hydrogens is 352 g/mol. The van der Waals surface area contributed by atoms with Gasteiger partial charge in [0.05, 0.1) is 11.0 Å². The summed E-state index contributed by atoms with van der Waals surface area (Å²) in [7, 11) is 0. The molecule has 1 aliphatic rings. The summed E-state index contributed by atoms with van der Waals surface area (Å²) < 4.78 is 2.00. The molecule has 1 aliphatic heterocycles. The molecule has 3 aromatic rings. The van der Waals surface area contributed by atoms with Crippen LogP contribution in [-0.4, -0.2) is 15.3 Å². The molecule has 0 saturated heterocycles. The number of hydrogen-bond acceptors (Lipinski definition) is 2. The summed E-state index contributed by atoms with van der Waals surface area (Å²) >= 11 is 1.99. The van der Waals surface area contributed by atoms with Gasteiger partial charge in [-0.25, -0.2) is 4.79 Å². The van der Waals surface area contributed by atoms with E-state index in [-0.39, 0.29) is 11.7 Å². The van der Waals surface area contributed by atoms with Crippen molar-refractivity contribution in [2.75, 3.05) is 5.75 Å². The first-order valence-corrected chi connectivity index (χ1v) is 11.2. The zero-order valence-electron chi connectivity index (χ0n) is 16.0. The van der Waals surface area contributed by atoms with Crippen LogP contribution in [0.25, 0.3) is 11.0 Å². The number of nitrogens with zero attached hydrogens (tertiary/aromatic N) is 1. The van der Waals surface area contributed by atoms with Crippen molar-refractivity contribution in [2.45, 2.75) is 62.3 Å². The van der Waals surface area contributed by atoms with Crippen LogP contribution in [0.5, 0.6) is 0 Å². The average Bonchev–Trinajstić information content (AvgIpc) is 3.03. The highest BCUT2D eigenvalue weighted by atomic mass is 32.2. The highest BCUT2D eigenvalue weighted by Crippen LogP contribution is 2.40. The maximum absolute atomic E-state index is 12.6. The van der Waals surface area contributed by atoms with Crippen LogP contribution in [0.15, 0.2) is 58.2 Å². The molecule has 2 atom stereocenters. The number of aromatic nitrogens is 2. The van der Waals surface area contributed by atoms with E-state index in [2.05, 4.69) is 42.2 Å². The molecule has 0 amide bonds.